The van der Waals surface area contributed by atoms with Crippen LogP contribution in [0, 0.1) is 71.0 Å². The number of fused-ring (bicyclic) bond motifs is 16. The Morgan fingerprint density at radius 1 is 0.205 bits per heavy atom. The van der Waals surface area contributed by atoms with Gasteiger partial charge >= 0.3 is 0 Å². The van der Waals surface area contributed by atoms with Crippen molar-refractivity contribution in [3.05, 3.63) is 0 Å². The van der Waals surface area contributed by atoms with Crippen LogP contribution in [0.2, 0.25) is 0 Å². The molecule has 8 saturated carbocycles. The molecule has 10 fully saturated rings. The number of nitrogens with zero attached hydrogens (tertiary/aromatic N) is 8. The molecule has 36 nitrogen and oxygen atoms in total. The first kappa shape index (κ1) is 107. The molecule has 16 amide bonds. The molecule has 0 aromatic rings. The lowest BCUT2D eigenvalue weighted by molar-refractivity contribution is -0.143. The van der Waals surface area contributed by atoms with Crippen LogP contribution in [0.25, 0.3) is 0 Å². The second-order valence-electron chi connectivity index (χ2n) is 42.1. The summed E-state index contributed by atoms with van der Waals surface area (Å²) in [6, 6.07) is -10.6. The third-order valence-electron chi connectivity index (χ3n) is 30.8. The molecule has 0 aromatic heterocycles. The number of carbonyl (C=O) groups is 16. The van der Waals surface area contributed by atoms with Crippen LogP contribution in [-0.4, -0.2) is 334 Å². The number of aliphatic hydroxyl groups is 4. The molecule has 0 radical (unpaired) electrons. The Bertz CT molecular complexity index is 3520. The minimum atomic E-state index is -1.26. The van der Waals surface area contributed by atoms with Crippen molar-refractivity contribution in [1.29, 1.82) is 0 Å². The summed E-state index contributed by atoms with van der Waals surface area (Å²) >= 11 is 0. The molecule has 36 heteroatoms. The van der Waals surface area contributed by atoms with E-state index in [-0.39, 0.29) is 121 Å². The number of hydrogen-bond donors (Lipinski definition) is 12. The Kier molecular flexibility index (Phi) is 39.9. The fourth-order valence-electron chi connectivity index (χ4n) is 22.4. The lowest BCUT2D eigenvalue weighted by Crippen LogP contribution is -2.57. The summed E-state index contributed by atoms with van der Waals surface area (Å²) in [6.07, 6.45) is 15.7. The van der Waals surface area contributed by atoms with Crippen LogP contribution >= 0.6 is 0 Å². The molecule has 12 N–H and O–H groups in total. The summed E-state index contributed by atoms with van der Waals surface area (Å²) in [4.78, 5) is 235. The molecule has 24 atom stereocenters. The highest BCUT2D eigenvalue weighted by Crippen LogP contribution is 2.39. The number of nitrogens with one attached hydrogen (secondary N) is 8. The van der Waals surface area contributed by atoms with Crippen molar-refractivity contribution in [2.45, 2.75) is 358 Å². The molecule has 0 spiro atoms. The minimum absolute atomic E-state index is 0.117. The fourth-order valence-corrected chi connectivity index (χ4v) is 22.4. The zero-order valence-corrected chi connectivity index (χ0v) is 81.5. The van der Waals surface area contributed by atoms with Gasteiger partial charge in [0, 0.05) is 152 Å². The molecule has 16 bridgehead atoms. The van der Waals surface area contributed by atoms with E-state index >= 15 is 0 Å². The van der Waals surface area contributed by atoms with E-state index in [1.54, 1.807) is 76.0 Å². The lowest BCUT2D eigenvalue weighted by atomic mass is 9.83. The van der Waals surface area contributed by atoms with Gasteiger partial charge in [0.1, 0.15) is 48.3 Å². The Balaban J connectivity index is 0.000000297. The highest BCUT2D eigenvalue weighted by Gasteiger charge is 2.48. The van der Waals surface area contributed by atoms with Gasteiger partial charge in [-0.15, -0.1) is 0 Å². The van der Waals surface area contributed by atoms with Crippen molar-refractivity contribution in [1.82, 2.24) is 81.7 Å². The van der Waals surface area contributed by atoms with Gasteiger partial charge in [0.25, 0.3) is 0 Å². The smallest absolute Gasteiger partial charge is 0.247 e. The molecule has 0 aromatic carbocycles. The number of likely N-dealkylation sites (N-methyl/N-ethyl adjacent to an activating group) is 8. The Hall–Kier alpha value is -8.64. The quantitative estimate of drug-likeness (QED) is 0.134. The molecule has 10 rings (SSSR count). The average Bonchev–Trinajstić information content (AvgIpc) is 1.73. The van der Waals surface area contributed by atoms with Gasteiger partial charge in [-0.3, -0.25) is 76.7 Å². The molecule has 744 valence electrons. The molecule has 0 unspecified atom stereocenters. The van der Waals surface area contributed by atoms with E-state index in [1.807, 2.05) is 55.4 Å². The topological polar surface area (TPSA) is 476 Å². The molecule has 2 heterocycles. The fraction of sp³-hybridized carbons (Fsp3) is 0.833. The average molecular weight is 1860 g/mol. The molecule has 2 saturated heterocycles. The number of carbonyl (C=O) groups excluding carboxylic acids is 16. The van der Waals surface area contributed by atoms with Crippen molar-refractivity contribution in [2.24, 2.45) is 71.0 Å². The van der Waals surface area contributed by atoms with E-state index < -0.39 is 194 Å². The molecular formula is C96H160N16O20. The second kappa shape index (κ2) is 49.2. The Labute approximate surface area is 781 Å². The van der Waals surface area contributed by atoms with Crippen molar-refractivity contribution in [2.75, 3.05) is 82.8 Å². The summed E-state index contributed by atoms with van der Waals surface area (Å²) in [5, 5.41) is 64.4. The van der Waals surface area contributed by atoms with Crippen LogP contribution in [0.15, 0.2) is 0 Å². The maximum absolute atomic E-state index is 14.2. The first-order valence-corrected chi connectivity index (χ1v) is 49.5. The zero-order chi connectivity index (χ0) is 97.1. The summed E-state index contributed by atoms with van der Waals surface area (Å²) in [6.45, 7) is 13.4. The monoisotopic (exact) mass is 1860 g/mol. The van der Waals surface area contributed by atoms with E-state index in [9.17, 15) is 97.1 Å². The standard InChI is InChI=1S/C52H88N8O8.C44H72N8O12/c1-29(2)21-41-49(65)57(9)37-17-14-34(26-37)46(62)54-43(23-31(5)6)51(67)59(11)39-19-16-36(28-39)48(64)56-44(24-32(7)8)52(68)60(12)40-20-15-35(27-40)47(63)55-42(22-30(3)4)50(66)58(10)38-18-13-33(25-38)45(61)53-41;1-49-29-13-5-9-25(17-29)37(57)46-34(22-54)42(62)51(3)31-15-7-11-27(19-31)39(59)48-36(24-56)44(64)52(4)32-16-8-12-28(20-32)40(60)47-35(23-55)43(63)50(2)30-14-6-10-26(18-30)38(58)45-33(21-53)41(49)61/h29-44H,13-28H2,1-12H3,(H,53,61)(H,54,62)(H,55,63)(H,56,64);25-36,53-56H,5-24H2,1-4H3,(H,45,58)(H,46,57)(H,47,60)(H,48,59)/t33-,34-,35-,36-,37+,38+,39+,40+,41-,42-,43-,44-;25-,26-,27-,28-,29+,30+,31+,32+,33-,34-,35-,36-/m11/s1. The van der Waals surface area contributed by atoms with Crippen LogP contribution in [0.5, 0.6) is 0 Å². The molecule has 10 aliphatic rings. The summed E-state index contributed by atoms with van der Waals surface area (Å²) in [5.74, 6) is -9.09. The minimum Gasteiger partial charge on any atom is -0.394 e. The predicted molar refractivity (Wildman–Crippen MR) is 491 cm³/mol. The van der Waals surface area contributed by atoms with E-state index in [0.717, 1.165) is 0 Å². The van der Waals surface area contributed by atoms with Crippen LogP contribution < -0.4 is 42.5 Å². The molecule has 8 aliphatic carbocycles. The largest absolute Gasteiger partial charge is 0.394 e. The van der Waals surface area contributed by atoms with Crippen LogP contribution in [0.1, 0.15) is 261 Å². The van der Waals surface area contributed by atoms with Crippen LogP contribution in [0.4, 0.5) is 0 Å². The van der Waals surface area contributed by atoms with Gasteiger partial charge in [-0.05, 0) is 203 Å². The van der Waals surface area contributed by atoms with Crippen LogP contribution in [0.3, 0.4) is 0 Å². The number of rotatable bonds is 12. The Morgan fingerprint density at radius 2 is 0.333 bits per heavy atom. The van der Waals surface area contributed by atoms with Gasteiger partial charge in [-0.1, -0.05) is 81.1 Å². The third kappa shape index (κ3) is 27.8. The van der Waals surface area contributed by atoms with E-state index in [2.05, 4.69) is 42.5 Å². The predicted octanol–water partition coefficient (Wildman–Crippen LogP) is 2.61. The second-order valence-corrected chi connectivity index (χ2v) is 42.1. The summed E-state index contributed by atoms with van der Waals surface area (Å²) in [7, 11) is 13.2. The third-order valence-corrected chi connectivity index (χ3v) is 30.8. The number of aliphatic hydroxyl groups excluding tert-OH is 4. The normalized spacial score (nSPS) is 34.5. The summed E-state index contributed by atoms with van der Waals surface area (Å²) in [5.41, 5.74) is 0. The maximum Gasteiger partial charge on any atom is 0.247 e. The van der Waals surface area contributed by atoms with Gasteiger partial charge in [-0.2, -0.15) is 0 Å². The van der Waals surface area contributed by atoms with Crippen molar-refractivity contribution < 1.29 is 97.1 Å². The van der Waals surface area contributed by atoms with E-state index in [4.69, 9.17) is 0 Å². The van der Waals surface area contributed by atoms with E-state index in [1.165, 1.54) is 19.6 Å². The molecule has 2 aliphatic heterocycles. The molecule has 132 heavy (non-hydrogen) atoms. The highest BCUT2D eigenvalue weighted by atomic mass is 16.3. The van der Waals surface area contributed by atoms with E-state index in [0.29, 0.717) is 180 Å². The SMILES string of the molecule is CC(C)C[C@H]1NC(=O)[C@@H]2CC[C@@H](C2)N(C)C(=O)[C@@H](CC(C)C)NC(=O)[C@@H]2CC[C@@H](C2)N(C)C(=O)[C@@H](CC(C)C)NC(=O)[C@@H]2CC[C@@H](C2)N(C)C(=O)[C@@H](CC(C)C)NC(=O)[C@@H]2CC[C@@H](C2)N(C)C1=O.CN1C(=O)[C@@H](CO)NC(=O)[C@@H]2CCC[C@@H](C2)N(C)C(=O)[C@@H](CO)NC(=O)[C@@H]2CCC[C@@H](C2)N(C)C(=O)[C@@H](CO)NC(=O)[C@@H]2CCC[C@@H](C2)N(C)C(=O)[C@@H](CO)NC(=O)[C@@H]2CCC[C@H]1C2. The highest BCUT2D eigenvalue weighted by molar-refractivity contribution is 5.95. The van der Waals surface area contributed by atoms with Crippen molar-refractivity contribution >= 4 is 94.5 Å². The number of amides is 16. The first-order chi connectivity index (χ1) is 62.5. The Morgan fingerprint density at radius 3 is 0.477 bits per heavy atom. The van der Waals surface area contributed by atoms with Gasteiger partial charge in [-0.25, -0.2) is 0 Å². The van der Waals surface area contributed by atoms with Gasteiger partial charge < -0.3 is 102 Å². The van der Waals surface area contributed by atoms with Crippen LogP contribution in [-0.2, 0) is 76.7 Å². The van der Waals surface area contributed by atoms with Crippen molar-refractivity contribution in [3.63, 3.8) is 0 Å². The first-order valence-electron chi connectivity index (χ1n) is 49.5. The van der Waals surface area contributed by atoms with Gasteiger partial charge in [0.05, 0.1) is 26.4 Å². The van der Waals surface area contributed by atoms with Gasteiger partial charge in [0.15, 0.2) is 0 Å². The maximum atomic E-state index is 14.2. The van der Waals surface area contributed by atoms with Crippen molar-refractivity contribution in [3.8, 4) is 0 Å². The summed E-state index contributed by atoms with van der Waals surface area (Å²) < 4.78 is 0. The zero-order valence-electron chi connectivity index (χ0n) is 81.5. The number of hydrogen-bond acceptors (Lipinski definition) is 20. The lowest BCUT2D eigenvalue weighted by Gasteiger charge is -2.39. The van der Waals surface area contributed by atoms with Gasteiger partial charge in [0.2, 0.25) is 94.5 Å². The molecular weight excluding hydrogens is 1700 g/mol.